The molecule has 0 bridgehead atoms. The number of anilines is 1. The van der Waals surface area contributed by atoms with Crippen LogP contribution in [0.1, 0.15) is 48.8 Å². The van der Waals surface area contributed by atoms with Crippen LogP contribution in [0.4, 0.5) is 5.69 Å². The molecule has 8 nitrogen and oxygen atoms in total. The number of hydrogen-bond acceptors (Lipinski definition) is 5. The molecule has 268 valence electrons. The first-order valence-electron chi connectivity index (χ1n) is 17.9. The maximum absolute atomic E-state index is 14.9. The van der Waals surface area contributed by atoms with Crippen molar-refractivity contribution in [3.05, 3.63) is 156 Å². The number of carbonyl (C=O) groups is 2. The summed E-state index contributed by atoms with van der Waals surface area (Å²) in [5.41, 5.74) is 3.03. The smallest absolute Gasteiger partial charge is 0.264 e. The van der Waals surface area contributed by atoms with Gasteiger partial charge in [-0.3, -0.25) is 13.9 Å². The van der Waals surface area contributed by atoms with Gasteiger partial charge in [0, 0.05) is 19.0 Å². The number of sulfonamides is 1. The molecule has 5 aromatic rings. The normalized spacial score (nSPS) is 13.9. The Morgan fingerprint density at radius 1 is 0.731 bits per heavy atom. The molecule has 9 heteroatoms. The number of carbonyl (C=O) groups excluding carboxylic acids is 2. The van der Waals surface area contributed by atoms with E-state index in [1.807, 2.05) is 91.9 Å². The molecule has 5 aromatic carbocycles. The van der Waals surface area contributed by atoms with E-state index in [2.05, 4.69) is 5.32 Å². The van der Waals surface area contributed by atoms with Gasteiger partial charge < -0.3 is 15.0 Å². The van der Waals surface area contributed by atoms with Gasteiger partial charge >= 0.3 is 0 Å². The maximum Gasteiger partial charge on any atom is 0.264 e. The molecule has 52 heavy (non-hydrogen) atoms. The van der Waals surface area contributed by atoms with Crippen LogP contribution in [-0.2, 0) is 32.6 Å². The van der Waals surface area contributed by atoms with Gasteiger partial charge in [-0.15, -0.1) is 0 Å². The van der Waals surface area contributed by atoms with Crippen molar-refractivity contribution in [3.8, 4) is 11.5 Å². The number of nitrogens with one attached hydrogen (secondary N) is 1. The topological polar surface area (TPSA) is 96.0 Å². The monoisotopic (exact) mass is 715 g/mol. The Labute approximate surface area is 307 Å². The molecule has 1 atom stereocenters. The van der Waals surface area contributed by atoms with Gasteiger partial charge in [-0.1, -0.05) is 110 Å². The molecule has 0 radical (unpaired) electrons. The molecule has 0 aliphatic heterocycles. The lowest BCUT2D eigenvalue weighted by Gasteiger charge is -2.35. The van der Waals surface area contributed by atoms with E-state index in [1.54, 1.807) is 47.4 Å². The Kier molecular flexibility index (Phi) is 12.0. The minimum absolute atomic E-state index is 0.0292. The molecular formula is C43H45N3O5S. The van der Waals surface area contributed by atoms with Crippen LogP contribution < -0.4 is 14.4 Å². The number of nitrogens with zero attached hydrogens (tertiary/aromatic N) is 2. The first kappa shape index (κ1) is 36.4. The number of rotatable bonds is 14. The van der Waals surface area contributed by atoms with Crippen LogP contribution >= 0.6 is 0 Å². The van der Waals surface area contributed by atoms with E-state index in [0.29, 0.717) is 17.2 Å². The summed E-state index contributed by atoms with van der Waals surface area (Å²) in [6.45, 7) is 1.58. The van der Waals surface area contributed by atoms with E-state index in [4.69, 9.17) is 4.74 Å². The molecule has 0 saturated heterocycles. The minimum Gasteiger partial charge on any atom is -0.457 e. The SMILES string of the molecule is Cc1ccccc1CN(C(=O)CN(c1ccc(Oc2ccccc2)cc1)S(=O)(=O)c1ccccc1)[C@H](Cc1ccccc1)C(=O)NC1CCCCC1. The highest BCUT2D eigenvalue weighted by Gasteiger charge is 2.35. The molecule has 0 heterocycles. The van der Waals surface area contributed by atoms with E-state index in [9.17, 15) is 18.0 Å². The Bertz CT molecular complexity index is 2020. The highest BCUT2D eigenvalue weighted by atomic mass is 32.2. The first-order chi connectivity index (χ1) is 25.3. The Morgan fingerprint density at radius 2 is 1.31 bits per heavy atom. The molecule has 0 aromatic heterocycles. The number of hydrogen-bond donors (Lipinski definition) is 1. The summed E-state index contributed by atoms with van der Waals surface area (Å²) in [4.78, 5) is 30.8. The van der Waals surface area contributed by atoms with Gasteiger partial charge in [0.1, 0.15) is 24.1 Å². The summed E-state index contributed by atoms with van der Waals surface area (Å²) in [6.07, 6.45) is 5.28. The standard InChI is InChI=1S/C43H45N3O5S/c1-33-16-14-15-19-35(33)31-45(41(30-34-17-6-2-7-18-34)43(48)44-36-20-8-3-9-21-36)42(47)32-46(52(49,50)40-24-12-5-13-25-40)37-26-28-39(29-27-37)51-38-22-10-4-11-23-38/h2,4-7,10-19,22-29,36,41H,3,8-9,20-21,30-32H2,1H3,(H,44,48)/t41-/m1/s1. The second kappa shape index (κ2) is 17.2. The summed E-state index contributed by atoms with van der Waals surface area (Å²) >= 11 is 0. The molecular weight excluding hydrogens is 671 g/mol. The van der Waals surface area contributed by atoms with Crippen molar-refractivity contribution in [2.24, 2.45) is 0 Å². The Hall–Kier alpha value is -5.41. The molecule has 1 aliphatic carbocycles. The summed E-state index contributed by atoms with van der Waals surface area (Å²) in [5.74, 6) is 0.425. The average Bonchev–Trinajstić information content (AvgIpc) is 3.17. The maximum atomic E-state index is 14.9. The van der Waals surface area contributed by atoms with Crippen molar-refractivity contribution in [2.75, 3.05) is 10.8 Å². The zero-order valence-corrected chi connectivity index (χ0v) is 30.3. The summed E-state index contributed by atoms with van der Waals surface area (Å²) in [6, 6.07) is 40.5. The van der Waals surface area contributed by atoms with Crippen molar-refractivity contribution in [1.29, 1.82) is 0 Å². The molecule has 0 unspecified atom stereocenters. The van der Waals surface area contributed by atoms with Gasteiger partial charge in [0.25, 0.3) is 10.0 Å². The van der Waals surface area contributed by atoms with E-state index in [-0.39, 0.29) is 29.8 Å². The van der Waals surface area contributed by atoms with Gasteiger partial charge in [-0.25, -0.2) is 8.42 Å². The van der Waals surface area contributed by atoms with Crippen molar-refractivity contribution in [2.45, 2.75) is 69.0 Å². The fourth-order valence-corrected chi connectivity index (χ4v) is 8.06. The third-order valence-electron chi connectivity index (χ3n) is 9.54. The number of ether oxygens (including phenoxy) is 1. The second-order valence-electron chi connectivity index (χ2n) is 13.2. The molecule has 1 saturated carbocycles. The zero-order valence-electron chi connectivity index (χ0n) is 29.4. The van der Waals surface area contributed by atoms with Gasteiger partial charge in [-0.05, 0) is 85.0 Å². The third-order valence-corrected chi connectivity index (χ3v) is 11.3. The van der Waals surface area contributed by atoms with Crippen molar-refractivity contribution in [3.63, 3.8) is 0 Å². The van der Waals surface area contributed by atoms with Crippen LogP contribution in [0.2, 0.25) is 0 Å². The van der Waals surface area contributed by atoms with Gasteiger partial charge in [-0.2, -0.15) is 0 Å². The van der Waals surface area contributed by atoms with Crippen LogP contribution in [0, 0.1) is 6.92 Å². The molecule has 1 fully saturated rings. The van der Waals surface area contributed by atoms with Crippen molar-refractivity contribution in [1.82, 2.24) is 10.2 Å². The molecule has 2 amide bonds. The quantitative estimate of drug-likeness (QED) is 0.126. The molecule has 6 rings (SSSR count). The lowest BCUT2D eigenvalue weighted by atomic mass is 9.94. The lowest BCUT2D eigenvalue weighted by Crippen LogP contribution is -2.55. The van der Waals surface area contributed by atoms with Crippen LogP contribution in [-0.4, -0.2) is 43.8 Å². The van der Waals surface area contributed by atoms with Gasteiger partial charge in [0.15, 0.2) is 0 Å². The highest BCUT2D eigenvalue weighted by Crippen LogP contribution is 2.29. The molecule has 1 N–H and O–H groups in total. The van der Waals surface area contributed by atoms with E-state index in [0.717, 1.165) is 53.1 Å². The lowest BCUT2D eigenvalue weighted by molar-refractivity contribution is -0.140. The van der Waals surface area contributed by atoms with Crippen molar-refractivity contribution >= 4 is 27.5 Å². The van der Waals surface area contributed by atoms with E-state index >= 15 is 0 Å². The molecule has 1 aliphatic rings. The Balaban J connectivity index is 1.38. The zero-order chi connectivity index (χ0) is 36.3. The van der Waals surface area contributed by atoms with Crippen LogP contribution in [0.3, 0.4) is 0 Å². The van der Waals surface area contributed by atoms with Crippen LogP contribution in [0.25, 0.3) is 0 Å². The number of para-hydroxylation sites is 1. The predicted molar refractivity (Wildman–Crippen MR) is 205 cm³/mol. The summed E-state index contributed by atoms with van der Waals surface area (Å²) in [5, 5.41) is 3.26. The average molecular weight is 716 g/mol. The fraction of sp³-hybridized carbons (Fsp3) is 0.256. The van der Waals surface area contributed by atoms with E-state index < -0.39 is 28.5 Å². The van der Waals surface area contributed by atoms with Crippen LogP contribution in [0.15, 0.2) is 144 Å². The van der Waals surface area contributed by atoms with Crippen LogP contribution in [0.5, 0.6) is 11.5 Å². The molecule has 0 spiro atoms. The predicted octanol–water partition coefficient (Wildman–Crippen LogP) is 8.07. The second-order valence-corrected chi connectivity index (χ2v) is 15.1. The third kappa shape index (κ3) is 9.27. The largest absolute Gasteiger partial charge is 0.457 e. The first-order valence-corrected chi connectivity index (χ1v) is 19.3. The van der Waals surface area contributed by atoms with Gasteiger partial charge in [0.05, 0.1) is 10.6 Å². The fourth-order valence-electron chi connectivity index (χ4n) is 6.62. The summed E-state index contributed by atoms with van der Waals surface area (Å²) in [7, 11) is -4.22. The van der Waals surface area contributed by atoms with Crippen molar-refractivity contribution < 1.29 is 22.7 Å². The van der Waals surface area contributed by atoms with E-state index in [1.165, 1.54) is 12.1 Å². The number of aryl methyl sites for hydroxylation is 1. The van der Waals surface area contributed by atoms with Gasteiger partial charge in [0.2, 0.25) is 11.8 Å². The number of amides is 2. The highest BCUT2D eigenvalue weighted by molar-refractivity contribution is 7.92. The number of benzene rings is 5. The minimum atomic E-state index is -4.22. The Morgan fingerprint density at radius 3 is 1.96 bits per heavy atom. The summed E-state index contributed by atoms with van der Waals surface area (Å²) < 4.78 is 35.9.